The lowest BCUT2D eigenvalue weighted by Crippen LogP contribution is -2.25. The van der Waals surface area contributed by atoms with Crippen LogP contribution in [0.25, 0.3) is 0 Å². The van der Waals surface area contributed by atoms with Gasteiger partial charge in [-0.1, -0.05) is 13.8 Å². The predicted octanol–water partition coefficient (Wildman–Crippen LogP) is 3.16. The highest BCUT2D eigenvalue weighted by Gasteiger charge is 2.36. The minimum Gasteiger partial charge on any atom is -0.464 e. The molecule has 1 heterocycles. The fourth-order valence-electron chi connectivity index (χ4n) is 2.12. The van der Waals surface area contributed by atoms with Crippen molar-refractivity contribution < 1.29 is 9.21 Å². The van der Waals surface area contributed by atoms with Crippen molar-refractivity contribution in [1.82, 2.24) is 4.90 Å². The molecule has 0 spiro atoms. The zero-order valence-electron chi connectivity index (χ0n) is 10.9. The Labute approximate surface area is 103 Å². The first-order valence-corrected chi connectivity index (χ1v) is 6.44. The van der Waals surface area contributed by atoms with Gasteiger partial charge in [0, 0.05) is 19.4 Å². The summed E-state index contributed by atoms with van der Waals surface area (Å²) in [7, 11) is 1.83. The molecule has 1 amide bonds. The molecule has 94 valence electrons. The van der Waals surface area contributed by atoms with Crippen LogP contribution in [0.15, 0.2) is 16.5 Å². The van der Waals surface area contributed by atoms with Crippen LogP contribution in [0.5, 0.6) is 0 Å². The monoisotopic (exact) mass is 235 g/mol. The van der Waals surface area contributed by atoms with Crippen molar-refractivity contribution in [1.29, 1.82) is 0 Å². The van der Waals surface area contributed by atoms with Gasteiger partial charge in [-0.2, -0.15) is 0 Å². The summed E-state index contributed by atoms with van der Waals surface area (Å²) in [6, 6.07) is 4.05. The third kappa shape index (κ3) is 2.90. The zero-order chi connectivity index (χ0) is 12.4. The lowest BCUT2D eigenvalue weighted by molar-refractivity contribution is -0.130. The number of carbonyl (C=O) groups excluding carboxylic acids is 1. The van der Waals surface area contributed by atoms with Crippen LogP contribution in [0.2, 0.25) is 0 Å². The largest absolute Gasteiger partial charge is 0.464 e. The number of hydrogen-bond acceptors (Lipinski definition) is 2. The van der Waals surface area contributed by atoms with Gasteiger partial charge in [0.15, 0.2) is 0 Å². The molecular formula is C14H21NO2. The lowest BCUT2D eigenvalue weighted by atomic mass is 10.3. The topological polar surface area (TPSA) is 33.5 Å². The highest BCUT2D eigenvalue weighted by atomic mass is 16.3. The smallest absolute Gasteiger partial charge is 0.222 e. The molecule has 3 nitrogen and oxygen atoms in total. The van der Waals surface area contributed by atoms with Crippen molar-refractivity contribution in [2.24, 2.45) is 5.92 Å². The van der Waals surface area contributed by atoms with Gasteiger partial charge in [-0.15, -0.1) is 0 Å². The van der Waals surface area contributed by atoms with E-state index in [2.05, 4.69) is 13.0 Å². The minimum atomic E-state index is 0.185. The molecular weight excluding hydrogens is 214 g/mol. The van der Waals surface area contributed by atoms with Crippen LogP contribution in [-0.2, 0) is 11.3 Å². The molecule has 1 saturated carbocycles. The van der Waals surface area contributed by atoms with Crippen LogP contribution in [0, 0.1) is 5.92 Å². The maximum atomic E-state index is 11.6. The van der Waals surface area contributed by atoms with Crippen LogP contribution in [-0.4, -0.2) is 17.9 Å². The summed E-state index contributed by atoms with van der Waals surface area (Å²) in [5.41, 5.74) is 0. The molecule has 1 fully saturated rings. The predicted molar refractivity (Wildman–Crippen MR) is 66.6 cm³/mol. The fourth-order valence-corrected chi connectivity index (χ4v) is 2.12. The maximum absolute atomic E-state index is 11.6. The molecule has 0 bridgehead atoms. The Hall–Kier alpha value is -1.25. The Morgan fingerprint density at radius 2 is 2.24 bits per heavy atom. The second-order valence-corrected chi connectivity index (χ2v) is 5.12. The molecule has 1 aromatic heterocycles. The van der Waals surface area contributed by atoms with Crippen molar-refractivity contribution in [3.63, 3.8) is 0 Å². The van der Waals surface area contributed by atoms with E-state index in [1.54, 1.807) is 4.90 Å². The molecule has 1 aliphatic carbocycles. The van der Waals surface area contributed by atoms with Gasteiger partial charge >= 0.3 is 0 Å². The molecule has 17 heavy (non-hydrogen) atoms. The van der Waals surface area contributed by atoms with E-state index in [0.29, 0.717) is 18.9 Å². The number of nitrogens with zero attached hydrogens (tertiary/aromatic N) is 1. The molecule has 0 aliphatic heterocycles. The summed E-state index contributed by atoms with van der Waals surface area (Å²) in [6.07, 6.45) is 2.74. The van der Waals surface area contributed by atoms with Crippen LogP contribution >= 0.6 is 0 Å². The number of amides is 1. The van der Waals surface area contributed by atoms with E-state index in [-0.39, 0.29) is 5.91 Å². The van der Waals surface area contributed by atoms with Crippen molar-refractivity contribution in [3.8, 4) is 0 Å². The van der Waals surface area contributed by atoms with Gasteiger partial charge in [0.1, 0.15) is 11.5 Å². The van der Waals surface area contributed by atoms with Gasteiger partial charge in [-0.05, 0) is 30.9 Å². The second kappa shape index (κ2) is 4.94. The highest BCUT2D eigenvalue weighted by molar-refractivity contribution is 5.75. The number of rotatable bonds is 5. The van der Waals surface area contributed by atoms with E-state index in [4.69, 9.17) is 4.42 Å². The summed E-state index contributed by atoms with van der Waals surface area (Å²) < 4.78 is 5.78. The fraction of sp³-hybridized carbons (Fsp3) is 0.643. The van der Waals surface area contributed by atoms with E-state index in [1.165, 1.54) is 6.42 Å². The van der Waals surface area contributed by atoms with Crippen molar-refractivity contribution in [3.05, 3.63) is 23.7 Å². The van der Waals surface area contributed by atoms with E-state index in [1.807, 2.05) is 20.0 Å². The summed E-state index contributed by atoms with van der Waals surface area (Å²) >= 11 is 0. The third-order valence-electron chi connectivity index (χ3n) is 3.44. The summed E-state index contributed by atoms with van der Waals surface area (Å²) in [4.78, 5) is 13.4. The van der Waals surface area contributed by atoms with Gasteiger partial charge in [0.25, 0.3) is 0 Å². The molecule has 2 rings (SSSR count). The van der Waals surface area contributed by atoms with E-state index in [0.717, 1.165) is 23.9 Å². The molecule has 0 N–H and O–H groups in total. The Bertz CT molecular complexity index is 397. The first kappa shape index (κ1) is 12.2. The van der Waals surface area contributed by atoms with Crippen LogP contribution < -0.4 is 0 Å². The van der Waals surface area contributed by atoms with Crippen LogP contribution in [0.4, 0.5) is 0 Å². The summed E-state index contributed by atoms with van der Waals surface area (Å²) in [6.45, 7) is 4.84. The summed E-state index contributed by atoms with van der Waals surface area (Å²) in [5, 5.41) is 0. The Morgan fingerprint density at radius 1 is 1.53 bits per heavy atom. The highest BCUT2D eigenvalue weighted by Crippen LogP contribution is 2.47. The van der Waals surface area contributed by atoms with Crippen molar-refractivity contribution in [2.45, 2.75) is 45.6 Å². The van der Waals surface area contributed by atoms with Gasteiger partial charge < -0.3 is 9.32 Å². The van der Waals surface area contributed by atoms with Crippen LogP contribution in [0.3, 0.4) is 0 Å². The molecule has 1 aromatic rings. The lowest BCUT2D eigenvalue weighted by Gasteiger charge is -2.14. The molecule has 0 saturated heterocycles. The van der Waals surface area contributed by atoms with E-state index in [9.17, 15) is 4.79 Å². The normalized spacial score (nSPS) is 22.5. The quantitative estimate of drug-likeness (QED) is 0.785. The van der Waals surface area contributed by atoms with Crippen molar-refractivity contribution in [2.75, 3.05) is 7.05 Å². The molecule has 0 radical (unpaired) electrons. The van der Waals surface area contributed by atoms with Gasteiger partial charge in [0.2, 0.25) is 5.91 Å². The maximum Gasteiger partial charge on any atom is 0.222 e. The number of furan rings is 1. The SMILES string of the molecule is CCCC(=O)N(C)Cc1ccc(C2CC2C)o1. The Balaban J connectivity index is 1.90. The zero-order valence-corrected chi connectivity index (χ0v) is 10.9. The third-order valence-corrected chi connectivity index (χ3v) is 3.44. The average Bonchev–Trinajstić information content (AvgIpc) is 2.84. The summed E-state index contributed by atoms with van der Waals surface area (Å²) in [5.74, 6) is 3.54. The first-order chi connectivity index (χ1) is 8.11. The first-order valence-electron chi connectivity index (χ1n) is 6.44. The van der Waals surface area contributed by atoms with Gasteiger partial charge in [-0.25, -0.2) is 0 Å². The average molecular weight is 235 g/mol. The second-order valence-electron chi connectivity index (χ2n) is 5.12. The van der Waals surface area contributed by atoms with Gasteiger partial charge in [0.05, 0.1) is 6.54 Å². The molecule has 0 aromatic carbocycles. The van der Waals surface area contributed by atoms with Crippen LogP contribution in [0.1, 0.15) is 50.5 Å². The van der Waals surface area contributed by atoms with E-state index < -0.39 is 0 Å². The molecule has 3 heteroatoms. The Morgan fingerprint density at radius 3 is 2.82 bits per heavy atom. The molecule has 2 unspecified atom stereocenters. The molecule has 1 aliphatic rings. The minimum absolute atomic E-state index is 0.185. The number of carbonyl (C=O) groups is 1. The Kier molecular flexibility index (Phi) is 3.55. The number of hydrogen-bond donors (Lipinski definition) is 0. The van der Waals surface area contributed by atoms with Crippen molar-refractivity contribution >= 4 is 5.91 Å². The van der Waals surface area contributed by atoms with Gasteiger partial charge in [-0.3, -0.25) is 4.79 Å². The standard InChI is InChI=1S/C14H21NO2/c1-4-5-14(16)15(3)9-11-6-7-13(17-11)12-8-10(12)2/h6-7,10,12H,4-5,8-9H2,1-3H3. The molecule has 2 atom stereocenters. The van der Waals surface area contributed by atoms with E-state index >= 15 is 0 Å².